The van der Waals surface area contributed by atoms with E-state index in [9.17, 15) is 18.0 Å². The summed E-state index contributed by atoms with van der Waals surface area (Å²) in [6.07, 6.45) is 8.32. The van der Waals surface area contributed by atoms with Gasteiger partial charge in [-0.15, -0.1) is 0 Å². The molecule has 0 heterocycles. The lowest BCUT2D eigenvalue weighted by Crippen LogP contribution is -1.99. The van der Waals surface area contributed by atoms with Crippen molar-refractivity contribution in [3.8, 4) is 0 Å². The number of carbonyl (C=O) groups excluding carboxylic acids is 2. The fourth-order valence-electron chi connectivity index (χ4n) is 3.31. The van der Waals surface area contributed by atoms with E-state index in [1.165, 1.54) is 51.0 Å². The highest BCUT2D eigenvalue weighted by atomic mass is 32.2. The van der Waals surface area contributed by atoms with Crippen LogP contribution in [0.4, 0.5) is 11.4 Å². The summed E-state index contributed by atoms with van der Waals surface area (Å²) in [5.74, 6) is -1.21. The maximum absolute atomic E-state index is 13.6. The lowest BCUT2D eigenvalue weighted by Gasteiger charge is -2.12. The molecule has 0 saturated carbocycles. The van der Waals surface area contributed by atoms with Crippen LogP contribution in [-0.4, -0.2) is 47.1 Å². The molecule has 0 aliphatic rings. The van der Waals surface area contributed by atoms with Crippen molar-refractivity contribution in [1.29, 1.82) is 0 Å². The van der Waals surface area contributed by atoms with Crippen molar-refractivity contribution in [2.75, 3.05) is 26.7 Å². The Hall–Kier alpha value is -4.02. The highest BCUT2D eigenvalue weighted by Gasteiger charge is 2.14. The minimum Gasteiger partial charge on any atom is -0.466 e. The number of ether oxygens (including phenoxy) is 2. The van der Waals surface area contributed by atoms with Crippen molar-refractivity contribution in [3.05, 3.63) is 96.1 Å². The normalized spacial score (nSPS) is 14.4. The summed E-state index contributed by atoms with van der Waals surface area (Å²) in [6, 6.07) is 20.7. The lowest BCUT2D eigenvalue weighted by molar-refractivity contribution is -0.135. The molecule has 0 bridgehead atoms. The third kappa shape index (κ3) is 7.50. The van der Waals surface area contributed by atoms with Gasteiger partial charge in [0.05, 0.1) is 45.1 Å². The van der Waals surface area contributed by atoms with Crippen LogP contribution in [0.1, 0.15) is 11.1 Å². The quantitative estimate of drug-likeness (QED) is 0.264. The predicted octanol–water partition coefficient (Wildman–Crippen LogP) is 5.64. The summed E-state index contributed by atoms with van der Waals surface area (Å²) < 4.78 is 45.6. The van der Waals surface area contributed by atoms with E-state index in [0.717, 1.165) is 0 Å². The van der Waals surface area contributed by atoms with E-state index in [0.29, 0.717) is 20.9 Å². The van der Waals surface area contributed by atoms with Gasteiger partial charge in [-0.25, -0.2) is 18.0 Å². The maximum atomic E-state index is 13.6. The molecule has 0 aromatic heterocycles. The molecule has 8 nitrogen and oxygen atoms in total. The van der Waals surface area contributed by atoms with E-state index < -0.39 is 31.4 Å². The van der Waals surface area contributed by atoms with Gasteiger partial charge < -0.3 is 9.47 Å². The standard InChI is InChI=1S/C28H28N2O6S2/c1-35-27(31)17-15-21-19-26(30-38(4,34)24-13-9-6-10-14-24)22(16-18-28(32)36-2)20-25(21)29-37(3,33)23-11-7-5-8-12-23/h5-20H,1-4H3/b17-15-,18-16+. The van der Waals surface area contributed by atoms with Gasteiger partial charge in [-0.1, -0.05) is 36.4 Å². The van der Waals surface area contributed by atoms with Crippen LogP contribution < -0.4 is 0 Å². The first kappa shape index (κ1) is 28.5. The molecule has 3 rings (SSSR count). The Morgan fingerprint density at radius 1 is 0.658 bits per heavy atom. The van der Waals surface area contributed by atoms with Gasteiger partial charge in [0, 0.05) is 45.6 Å². The molecule has 2 unspecified atom stereocenters. The topological polar surface area (TPSA) is 111 Å². The van der Waals surface area contributed by atoms with Crippen LogP contribution in [0.25, 0.3) is 12.2 Å². The average molecular weight is 553 g/mol. The third-order valence-corrected chi connectivity index (χ3v) is 8.67. The Balaban J connectivity index is 2.34. The summed E-state index contributed by atoms with van der Waals surface area (Å²) in [6.45, 7) is 0. The van der Waals surface area contributed by atoms with Crippen LogP contribution in [-0.2, 0) is 38.5 Å². The first-order valence-electron chi connectivity index (χ1n) is 11.3. The van der Waals surface area contributed by atoms with Crippen LogP contribution in [0.2, 0.25) is 0 Å². The van der Waals surface area contributed by atoms with Crippen molar-refractivity contribution >= 4 is 54.9 Å². The largest absolute Gasteiger partial charge is 0.466 e. The van der Waals surface area contributed by atoms with Crippen LogP contribution >= 0.6 is 0 Å². The third-order valence-electron chi connectivity index (χ3n) is 5.28. The molecule has 0 spiro atoms. The van der Waals surface area contributed by atoms with Crippen molar-refractivity contribution in [1.82, 2.24) is 0 Å². The average Bonchev–Trinajstić information content (AvgIpc) is 2.92. The van der Waals surface area contributed by atoms with E-state index in [4.69, 9.17) is 9.47 Å². The van der Waals surface area contributed by atoms with Crippen molar-refractivity contribution in [2.24, 2.45) is 8.73 Å². The number of nitrogens with zero attached hydrogens (tertiary/aromatic N) is 2. The SMILES string of the molecule is COC(=O)/C=C\c1cc(N=S(C)(=O)c2ccccc2)c(/C=C/C(=O)OC)cc1N=S(C)(=O)c1ccccc1. The number of carbonyl (C=O) groups is 2. The second-order valence-electron chi connectivity index (χ2n) is 8.10. The molecular weight excluding hydrogens is 524 g/mol. The molecule has 3 aromatic carbocycles. The van der Waals surface area contributed by atoms with Gasteiger partial charge >= 0.3 is 11.9 Å². The minimum atomic E-state index is -2.90. The van der Waals surface area contributed by atoms with E-state index in [1.807, 2.05) is 12.1 Å². The molecule has 38 heavy (non-hydrogen) atoms. The molecule has 3 aromatic rings. The molecule has 0 amide bonds. The van der Waals surface area contributed by atoms with Gasteiger partial charge in [-0.2, -0.15) is 8.73 Å². The van der Waals surface area contributed by atoms with Gasteiger partial charge in [0.2, 0.25) is 0 Å². The molecule has 0 radical (unpaired) electrons. The summed E-state index contributed by atoms with van der Waals surface area (Å²) in [4.78, 5) is 24.7. The fourth-order valence-corrected chi connectivity index (χ4v) is 5.91. The van der Waals surface area contributed by atoms with Crippen LogP contribution in [0.15, 0.2) is 103 Å². The Labute approximate surface area is 223 Å². The Kier molecular flexibility index (Phi) is 9.38. The molecular formula is C28H28N2O6S2. The van der Waals surface area contributed by atoms with Crippen LogP contribution in [0.3, 0.4) is 0 Å². The van der Waals surface area contributed by atoms with E-state index in [2.05, 4.69) is 8.73 Å². The molecule has 198 valence electrons. The van der Waals surface area contributed by atoms with Gasteiger partial charge in [0.15, 0.2) is 0 Å². The molecule has 0 saturated heterocycles. The molecule has 10 heteroatoms. The monoisotopic (exact) mass is 552 g/mol. The fraction of sp³-hybridized carbons (Fsp3) is 0.143. The van der Waals surface area contributed by atoms with Crippen molar-refractivity contribution in [2.45, 2.75) is 9.79 Å². The predicted molar refractivity (Wildman–Crippen MR) is 150 cm³/mol. The first-order valence-corrected chi connectivity index (χ1v) is 15.1. The van der Waals surface area contributed by atoms with Crippen LogP contribution in [0, 0.1) is 0 Å². The molecule has 0 aliphatic heterocycles. The van der Waals surface area contributed by atoms with Gasteiger partial charge in [-0.3, -0.25) is 0 Å². The highest BCUT2D eigenvalue weighted by Crippen LogP contribution is 2.35. The molecule has 2 atom stereocenters. The zero-order valence-electron chi connectivity index (χ0n) is 21.4. The zero-order valence-corrected chi connectivity index (χ0v) is 23.0. The Morgan fingerprint density at radius 3 is 1.32 bits per heavy atom. The van der Waals surface area contributed by atoms with Gasteiger partial charge in [-0.05, 0) is 48.6 Å². The van der Waals surface area contributed by atoms with E-state index in [1.54, 1.807) is 60.7 Å². The smallest absolute Gasteiger partial charge is 0.330 e. The second kappa shape index (κ2) is 12.5. The zero-order chi connectivity index (χ0) is 27.8. The summed E-state index contributed by atoms with van der Waals surface area (Å²) in [7, 11) is -3.30. The van der Waals surface area contributed by atoms with Crippen molar-refractivity contribution < 1.29 is 27.5 Å². The Morgan fingerprint density at radius 2 is 1.00 bits per heavy atom. The second-order valence-corrected chi connectivity index (χ2v) is 12.6. The lowest BCUT2D eigenvalue weighted by atomic mass is 10.1. The molecule has 0 aliphatic carbocycles. The van der Waals surface area contributed by atoms with Crippen LogP contribution in [0.5, 0.6) is 0 Å². The molecule has 0 N–H and O–H groups in total. The summed E-state index contributed by atoms with van der Waals surface area (Å²) >= 11 is 0. The number of methoxy groups -OCH3 is 2. The van der Waals surface area contributed by atoms with E-state index in [-0.39, 0.29) is 11.4 Å². The molecule has 0 fully saturated rings. The number of esters is 2. The number of hydrogen-bond donors (Lipinski definition) is 0. The van der Waals surface area contributed by atoms with Gasteiger partial charge in [0.25, 0.3) is 0 Å². The van der Waals surface area contributed by atoms with Crippen molar-refractivity contribution in [3.63, 3.8) is 0 Å². The minimum absolute atomic E-state index is 0.271. The number of hydrogen-bond acceptors (Lipinski definition) is 8. The summed E-state index contributed by atoms with van der Waals surface area (Å²) in [5, 5.41) is 0. The summed E-state index contributed by atoms with van der Waals surface area (Å²) in [5.41, 5.74) is 1.32. The number of benzene rings is 3. The first-order chi connectivity index (χ1) is 18.1. The maximum Gasteiger partial charge on any atom is 0.330 e. The number of rotatable bonds is 8. The van der Waals surface area contributed by atoms with E-state index >= 15 is 0 Å². The Bertz CT molecular complexity index is 1510. The van der Waals surface area contributed by atoms with Gasteiger partial charge in [0.1, 0.15) is 0 Å². The highest BCUT2D eigenvalue weighted by molar-refractivity contribution is 7.93.